The van der Waals surface area contributed by atoms with Gasteiger partial charge in [0.05, 0.1) is 13.2 Å². The summed E-state index contributed by atoms with van der Waals surface area (Å²) in [5.41, 5.74) is 1.14. The lowest BCUT2D eigenvalue weighted by Crippen LogP contribution is -2.39. The Kier molecular flexibility index (Phi) is 4.19. The van der Waals surface area contributed by atoms with E-state index in [4.69, 9.17) is 0 Å². The van der Waals surface area contributed by atoms with Crippen molar-refractivity contribution < 1.29 is 19.7 Å². The van der Waals surface area contributed by atoms with Crippen molar-refractivity contribution in [3.63, 3.8) is 0 Å². The molecule has 1 aromatic carbocycles. The fraction of sp³-hybridized carbons (Fsp3) is 0.500. The third-order valence-corrected chi connectivity index (χ3v) is 3.63. The molecule has 1 saturated heterocycles. The van der Waals surface area contributed by atoms with Gasteiger partial charge in [0.1, 0.15) is 6.10 Å². The van der Waals surface area contributed by atoms with Gasteiger partial charge in [0, 0.05) is 12.6 Å². The van der Waals surface area contributed by atoms with E-state index in [2.05, 4.69) is 4.74 Å². The van der Waals surface area contributed by atoms with Gasteiger partial charge in [-0.3, -0.25) is 4.90 Å². The maximum atomic E-state index is 11.2. The van der Waals surface area contributed by atoms with Crippen LogP contribution in [0.5, 0.6) is 0 Å². The summed E-state index contributed by atoms with van der Waals surface area (Å²) in [6, 6.07) is 9.85. The van der Waals surface area contributed by atoms with E-state index in [9.17, 15) is 15.0 Å². The number of hydrogen-bond donors (Lipinski definition) is 2. The highest BCUT2D eigenvalue weighted by atomic mass is 16.5. The molecule has 2 N–H and O–H groups in total. The van der Waals surface area contributed by atoms with Gasteiger partial charge in [-0.15, -0.1) is 0 Å². The molecule has 0 aromatic heterocycles. The molecule has 0 aliphatic carbocycles. The number of aliphatic hydroxyl groups excluding tert-OH is 2. The van der Waals surface area contributed by atoms with Crippen LogP contribution in [0.3, 0.4) is 0 Å². The summed E-state index contributed by atoms with van der Waals surface area (Å²) in [5.74, 6) is -0.799. The standard InChI is InChI=1S/C14H19NO4/c1-9(10-6-4-3-5-7-10)15-8-11(15)12(16)13(17)14(18)19-2/h3-7,9,11-13,16-17H,8H2,1-2H3/t9-,11-,12?,13?,15-/m1/s1. The highest BCUT2D eigenvalue weighted by molar-refractivity contribution is 5.75. The van der Waals surface area contributed by atoms with Crippen LogP contribution in [0.2, 0.25) is 0 Å². The Balaban J connectivity index is 1.95. The number of ether oxygens (including phenoxy) is 1. The Bertz CT molecular complexity index is 436. The Morgan fingerprint density at radius 1 is 1.37 bits per heavy atom. The van der Waals surface area contributed by atoms with Gasteiger partial charge in [0.2, 0.25) is 0 Å². The zero-order valence-corrected chi connectivity index (χ0v) is 11.1. The smallest absolute Gasteiger partial charge is 0.337 e. The highest BCUT2D eigenvalue weighted by Gasteiger charge is 2.47. The molecule has 1 aromatic rings. The van der Waals surface area contributed by atoms with Crippen molar-refractivity contribution in [1.29, 1.82) is 0 Å². The van der Waals surface area contributed by atoms with Crippen LogP contribution in [0.25, 0.3) is 0 Å². The number of hydrogen-bond acceptors (Lipinski definition) is 5. The number of benzene rings is 1. The number of carbonyl (C=O) groups excluding carboxylic acids is 1. The minimum atomic E-state index is -1.48. The van der Waals surface area contributed by atoms with Gasteiger partial charge in [-0.2, -0.15) is 0 Å². The van der Waals surface area contributed by atoms with E-state index in [1.54, 1.807) is 0 Å². The summed E-state index contributed by atoms with van der Waals surface area (Å²) in [6.07, 6.45) is -2.60. The van der Waals surface area contributed by atoms with E-state index in [0.29, 0.717) is 6.54 Å². The average Bonchev–Trinajstić information content (AvgIpc) is 3.25. The minimum absolute atomic E-state index is 0.144. The molecule has 1 heterocycles. The lowest BCUT2D eigenvalue weighted by atomic mass is 10.1. The molecule has 1 aliphatic heterocycles. The molecule has 0 saturated carbocycles. The van der Waals surface area contributed by atoms with Gasteiger partial charge in [0.25, 0.3) is 0 Å². The van der Waals surface area contributed by atoms with Crippen LogP contribution >= 0.6 is 0 Å². The number of methoxy groups -OCH3 is 1. The molecule has 0 amide bonds. The van der Waals surface area contributed by atoms with E-state index >= 15 is 0 Å². The number of aliphatic hydroxyl groups is 2. The third kappa shape index (κ3) is 2.94. The van der Waals surface area contributed by atoms with Crippen molar-refractivity contribution in [1.82, 2.24) is 4.90 Å². The quantitative estimate of drug-likeness (QED) is 0.593. The molecule has 0 bridgehead atoms. The number of esters is 1. The summed E-state index contributed by atoms with van der Waals surface area (Å²) in [7, 11) is 1.19. The molecule has 0 radical (unpaired) electrons. The molecule has 19 heavy (non-hydrogen) atoms. The molecule has 5 atom stereocenters. The van der Waals surface area contributed by atoms with Gasteiger partial charge >= 0.3 is 5.97 Å². The molecule has 1 fully saturated rings. The SMILES string of the molecule is COC(=O)C(O)C(O)[C@H]1C[N@]1[C@H](C)c1ccccc1. The second-order valence-electron chi connectivity index (χ2n) is 4.81. The monoisotopic (exact) mass is 265 g/mol. The van der Waals surface area contributed by atoms with Crippen LogP contribution in [0.4, 0.5) is 0 Å². The molecular formula is C14H19NO4. The Hall–Kier alpha value is -1.43. The van der Waals surface area contributed by atoms with Gasteiger partial charge in [-0.25, -0.2) is 4.79 Å². The molecular weight excluding hydrogens is 246 g/mol. The van der Waals surface area contributed by atoms with Crippen LogP contribution in [-0.4, -0.2) is 53.0 Å². The van der Waals surface area contributed by atoms with Crippen molar-refractivity contribution >= 4 is 5.97 Å². The summed E-state index contributed by atoms with van der Waals surface area (Å²) >= 11 is 0. The number of nitrogens with zero attached hydrogens (tertiary/aromatic N) is 1. The van der Waals surface area contributed by atoms with Crippen LogP contribution < -0.4 is 0 Å². The molecule has 5 heteroatoms. The van der Waals surface area contributed by atoms with Crippen LogP contribution in [-0.2, 0) is 9.53 Å². The van der Waals surface area contributed by atoms with Gasteiger partial charge in [-0.05, 0) is 12.5 Å². The zero-order chi connectivity index (χ0) is 14.0. The fourth-order valence-electron chi connectivity index (χ4n) is 2.31. The lowest BCUT2D eigenvalue weighted by molar-refractivity contribution is -0.156. The van der Waals surface area contributed by atoms with E-state index in [1.807, 2.05) is 42.2 Å². The Morgan fingerprint density at radius 3 is 2.58 bits per heavy atom. The van der Waals surface area contributed by atoms with E-state index in [0.717, 1.165) is 5.56 Å². The summed E-state index contributed by atoms with van der Waals surface area (Å²) in [6.45, 7) is 2.69. The lowest BCUT2D eigenvalue weighted by Gasteiger charge is -2.19. The molecule has 2 rings (SSSR count). The maximum Gasteiger partial charge on any atom is 0.337 e. The van der Waals surface area contributed by atoms with Crippen molar-refractivity contribution in [2.45, 2.75) is 31.2 Å². The normalized spacial score (nSPS) is 26.3. The van der Waals surface area contributed by atoms with E-state index in [1.165, 1.54) is 7.11 Å². The van der Waals surface area contributed by atoms with Crippen molar-refractivity contribution in [3.05, 3.63) is 35.9 Å². The first-order valence-electron chi connectivity index (χ1n) is 6.31. The number of rotatable bonds is 5. The Morgan fingerprint density at radius 2 is 2.00 bits per heavy atom. The van der Waals surface area contributed by atoms with Crippen molar-refractivity contribution in [3.8, 4) is 0 Å². The molecule has 0 spiro atoms. The Labute approximate surface area is 112 Å². The predicted octanol–water partition coefficient (Wildman–Crippen LogP) is 0.327. The van der Waals surface area contributed by atoms with Crippen molar-refractivity contribution in [2.75, 3.05) is 13.7 Å². The first kappa shape index (κ1) is 14.0. The van der Waals surface area contributed by atoms with Gasteiger partial charge < -0.3 is 14.9 Å². The van der Waals surface area contributed by atoms with Crippen molar-refractivity contribution in [2.24, 2.45) is 0 Å². The molecule has 5 nitrogen and oxygen atoms in total. The largest absolute Gasteiger partial charge is 0.467 e. The number of carbonyl (C=O) groups is 1. The minimum Gasteiger partial charge on any atom is -0.467 e. The zero-order valence-electron chi connectivity index (χ0n) is 11.1. The van der Waals surface area contributed by atoms with Crippen LogP contribution in [0, 0.1) is 0 Å². The summed E-state index contributed by atoms with van der Waals surface area (Å²) < 4.78 is 4.42. The second-order valence-corrected chi connectivity index (χ2v) is 4.81. The molecule has 1 aliphatic rings. The first-order valence-corrected chi connectivity index (χ1v) is 6.31. The molecule has 104 valence electrons. The van der Waals surface area contributed by atoms with E-state index in [-0.39, 0.29) is 12.1 Å². The first-order chi connectivity index (χ1) is 9.06. The second kappa shape index (κ2) is 5.69. The molecule has 2 unspecified atom stereocenters. The highest BCUT2D eigenvalue weighted by Crippen LogP contribution is 2.34. The van der Waals surface area contributed by atoms with E-state index < -0.39 is 18.2 Å². The third-order valence-electron chi connectivity index (χ3n) is 3.63. The van der Waals surface area contributed by atoms with Gasteiger partial charge in [0.15, 0.2) is 6.10 Å². The summed E-state index contributed by atoms with van der Waals surface area (Å²) in [5, 5.41) is 19.5. The predicted molar refractivity (Wildman–Crippen MR) is 69.4 cm³/mol. The van der Waals surface area contributed by atoms with Crippen LogP contribution in [0.15, 0.2) is 30.3 Å². The fourth-order valence-corrected chi connectivity index (χ4v) is 2.31. The maximum absolute atomic E-state index is 11.2. The topological polar surface area (TPSA) is 69.8 Å². The van der Waals surface area contributed by atoms with Crippen LogP contribution in [0.1, 0.15) is 18.5 Å². The van der Waals surface area contributed by atoms with Gasteiger partial charge in [-0.1, -0.05) is 30.3 Å². The average molecular weight is 265 g/mol. The summed E-state index contributed by atoms with van der Waals surface area (Å²) in [4.78, 5) is 13.2.